The summed E-state index contributed by atoms with van der Waals surface area (Å²) in [5, 5.41) is 0. The Bertz CT molecular complexity index is 6060. The molecule has 16 aromatic carbocycles. The van der Waals surface area contributed by atoms with Crippen molar-refractivity contribution in [3.05, 3.63) is 417 Å². The van der Waals surface area contributed by atoms with Crippen LogP contribution in [0, 0.1) is 0 Å². The topological polar surface area (TPSA) is 38.7 Å². The van der Waals surface area contributed by atoms with Crippen molar-refractivity contribution < 1.29 is 0 Å². The first-order valence-corrected chi connectivity index (χ1v) is 35.3. The van der Waals surface area contributed by atoms with E-state index >= 15 is 0 Å². The molecule has 1 aromatic heterocycles. The summed E-state index contributed by atoms with van der Waals surface area (Å²) in [5.74, 6) is 1.78. The Morgan fingerprint density at radius 3 is 0.631 bits per heavy atom. The van der Waals surface area contributed by atoms with Crippen LogP contribution < -0.4 is 0 Å². The van der Waals surface area contributed by atoms with Crippen molar-refractivity contribution in [1.82, 2.24) is 15.0 Å². The molecule has 1 spiro atoms. The summed E-state index contributed by atoms with van der Waals surface area (Å²) in [5.41, 5.74) is 35.9. The van der Waals surface area contributed by atoms with Gasteiger partial charge in [-0.1, -0.05) is 334 Å². The second-order valence-corrected chi connectivity index (χ2v) is 27.0. The molecule has 0 radical (unpaired) electrons. The van der Waals surface area contributed by atoms with Crippen LogP contribution in [-0.2, 0) is 5.41 Å². The molecule has 0 amide bonds. The lowest BCUT2D eigenvalue weighted by Gasteiger charge is -2.30. The molecule has 17 aromatic rings. The fourth-order valence-electron chi connectivity index (χ4n) is 15.9. The maximum Gasteiger partial charge on any atom is 0.164 e. The minimum Gasteiger partial charge on any atom is -0.208 e. The zero-order chi connectivity index (χ0) is 68.2. The van der Waals surface area contributed by atoms with Gasteiger partial charge in [-0.25, -0.2) is 15.0 Å². The van der Waals surface area contributed by atoms with Crippen LogP contribution in [0.5, 0.6) is 0 Å². The van der Waals surface area contributed by atoms with Gasteiger partial charge in [0.1, 0.15) is 0 Å². The van der Waals surface area contributed by atoms with E-state index in [0.29, 0.717) is 17.5 Å². The van der Waals surface area contributed by atoms with E-state index in [1.54, 1.807) is 0 Å². The van der Waals surface area contributed by atoms with Gasteiger partial charge in [-0.2, -0.15) is 0 Å². The second-order valence-electron chi connectivity index (χ2n) is 27.0. The third kappa shape index (κ3) is 11.1. The van der Waals surface area contributed by atoms with E-state index in [-0.39, 0.29) is 0 Å². The standard InChI is InChI=1S/C100H65N3/c1-3-22-66(23-4-1)70-26-13-28-72(56-70)68-50-52-69(53-51-68)97-101-98(87-42-20-40-84(63-87)81-37-17-30-74(60-81)73-29-14-27-71(57-73)67-24-5-2-6-25-67)103-99(102-97)88-43-21-41-85(64-88)82-38-18-35-79(61-82)77-33-15-31-75(58-77)76-32-16-34-78(59-76)80-36-19-39-83(62-80)86-54-55-92-91-46-9-12-49-95(91)100(96(92)65-86)93-47-10-7-44-89(93)90-45-8-11-48-94(90)100/h1-65H. The molecule has 0 unspecified atom stereocenters. The summed E-state index contributed by atoms with van der Waals surface area (Å²) in [4.78, 5) is 16.0. The monoisotopic (exact) mass is 1310 g/mol. The maximum absolute atomic E-state index is 5.34. The van der Waals surface area contributed by atoms with Gasteiger partial charge in [0.2, 0.25) is 0 Å². The molecule has 0 saturated carbocycles. The molecule has 3 nitrogen and oxygen atoms in total. The Balaban J connectivity index is 0.629. The first-order valence-electron chi connectivity index (χ1n) is 35.3. The van der Waals surface area contributed by atoms with E-state index in [1.165, 1.54) is 89.0 Å². The van der Waals surface area contributed by atoms with Crippen molar-refractivity contribution in [2.45, 2.75) is 5.41 Å². The highest BCUT2D eigenvalue weighted by molar-refractivity contribution is 5.96. The molecular formula is C100H65N3. The number of hydrogen-bond donors (Lipinski definition) is 0. The summed E-state index contributed by atoms with van der Waals surface area (Å²) < 4.78 is 0. The quantitative estimate of drug-likeness (QED) is 0.115. The van der Waals surface area contributed by atoms with Gasteiger partial charge >= 0.3 is 0 Å². The van der Waals surface area contributed by atoms with Crippen molar-refractivity contribution in [1.29, 1.82) is 0 Å². The van der Waals surface area contributed by atoms with Crippen molar-refractivity contribution in [3.8, 4) is 168 Å². The van der Waals surface area contributed by atoms with Crippen LogP contribution in [-0.4, -0.2) is 15.0 Å². The van der Waals surface area contributed by atoms with Crippen LogP contribution >= 0.6 is 0 Å². The molecule has 1 heterocycles. The maximum atomic E-state index is 5.34. The zero-order valence-corrected chi connectivity index (χ0v) is 56.4. The van der Waals surface area contributed by atoms with E-state index in [4.69, 9.17) is 15.0 Å². The fourth-order valence-corrected chi connectivity index (χ4v) is 15.9. The SMILES string of the molecule is c1ccc(-c2cccc(-c3ccc(-c4nc(-c5cccc(-c6cccc(-c7cccc(-c8ccccc8)c7)c6)c5)nc(-c5cccc(-c6cccc(-c7cccc(-c8cccc(-c9cccc(-c%10ccc%11c(c%10)C%10(c%12ccccc%12-c%12ccccc%12%10)c%10ccccc%10-%11)c9)c8)c7)c6)c5)n4)cc3)c2)cc1. The van der Waals surface area contributed by atoms with Gasteiger partial charge in [0.15, 0.2) is 17.5 Å². The Kier molecular flexibility index (Phi) is 15.1. The molecular weight excluding hydrogens is 1240 g/mol. The molecule has 480 valence electrons. The molecule has 0 N–H and O–H groups in total. The third-order valence-electron chi connectivity index (χ3n) is 20.9. The van der Waals surface area contributed by atoms with Gasteiger partial charge in [0.25, 0.3) is 0 Å². The molecule has 0 fully saturated rings. The molecule has 0 bridgehead atoms. The second kappa shape index (κ2) is 25.7. The highest BCUT2D eigenvalue weighted by Gasteiger charge is 2.51. The Labute approximate surface area is 600 Å². The molecule has 19 rings (SSSR count). The van der Waals surface area contributed by atoms with Gasteiger partial charge < -0.3 is 0 Å². The smallest absolute Gasteiger partial charge is 0.164 e. The van der Waals surface area contributed by atoms with Crippen molar-refractivity contribution in [2.24, 2.45) is 0 Å². The highest BCUT2D eigenvalue weighted by Crippen LogP contribution is 2.63. The van der Waals surface area contributed by atoms with E-state index < -0.39 is 5.41 Å². The fraction of sp³-hybridized carbons (Fsp3) is 0.0100. The van der Waals surface area contributed by atoms with Crippen molar-refractivity contribution in [3.63, 3.8) is 0 Å². The summed E-state index contributed by atoms with van der Waals surface area (Å²) in [6, 6.07) is 143. The van der Waals surface area contributed by atoms with Gasteiger partial charge in [0, 0.05) is 16.7 Å². The van der Waals surface area contributed by atoms with Gasteiger partial charge in [-0.05, 0) is 216 Å². The van der Waals surface area contributed by atoms with Crippen LogP contribution in [0.3, 0.4) is 0 Å². The van der Waals surface area contributed by atoms with E-state index in [0.717, 1.165) is 83.5 Å². The van der Waals surface area contributed by atoms with Crippen LogP contribution in [0.25, 0.3) is 168 Å². The number of aromatic nitrogens is 3. The summed E-state index contributed by atoms with van der Waals surface area (Å²) in [6.07, 6.45) is 0. The molecule has 3 heteroatoms. The average molecular weight is 1310 g/mol. The Morgan fingerprint density at radius 1 is 0.126 bits per heavy atom. The summed E-state index contributed by atoms with van der Waals surface area (Å²) >= 11 is 0. The molecule has 0 saturated heterocycles. The third-order valence-corrected chi connectivity index (χ3v) is 20.9. The Morgan fingerprint density at radius 2 is 0.320 bits per heavy atom. The van der Waals surface area contributed by atoms with E-state index in [9.17, 15) is 0 Å². The molecule has 103 heavy (non-hydrogen) atoms. The van der Waals surface area contributed by atoms with E-state index in [1.807, 2.05) is 0 Å². The predicted octanol–water partition coefficient (Wildman–Crippen LogP) is 25.9. The lowest BCUT2D eigenvalue weighted by atomic mass is 9.70. The lowest BCUT2D eigenvalue weighted by molar-refractivity contribution is 0.794. The summed E-state index contributed by atoms with van der Waals surface area (Å²) in [6.45, 7) is 0. The molecule has 2 aliphatic rings. The van der Waals surface area contributed by atoms with Gasteiger partial charge in [-0.15, -0.1) is 0 Å². The first-order chi connectivity index (χ1) is 51.0. The first kappa shape index (κ1) is 60.7. The highest BCUT2D eigenvalue weighted by atomic mass is 15.0. The number of fused-ring (bicyclic) bond motifs is 10. The predicted molar refractivity (Wildman–Crippen MR) is 427 cm³/mol. The number of hydrogen-bond acceptors (Lipinski definition) is 3. The lowest BCUT2D eigenvalue weighted by Crippen LogP contribution is -2.25. The minimum atomic E-state index is -0.396. The normalized spacial score (nSPS) is 12.2. The average Bonchev–Trinajstić information content (AvgIpc) is 1.51. The zero-order valence-electron chi connectivity index (χ0n) is 56.4. The van der Waals surface area contributed by atoms with Crippen LogP contribution in [0.15, 0.2) is 394 Å². The Hall–Kier alpha value is -13.5. The van der Waals surface area contributed by atoms with Crippen LogP contribution in [0.4, 0.5) is 0 Å². The van der Waals surface area contributed by atoms with Crippen molar-refractivity contribution in [2.75, 3.05) is 0 Å². The van der Waals surface area contributed by atoms with E-state index in [2.05, 4.69) is 394 Å². The van der Waals surface area contributed by atoms with Crippen molar-refractivity contribution >= 4 is 0 Å². The molecule has 2 aliphatic carbocycles. The number of rotatable bonds is 13. The molecule has 0 aliphatic heterocycles. The summed E-state index contributed by atoms with van der Waals surface area (Å²) in [7, 11) is 0. The molecule has 0 atom stereocenters. The van der Waals surface area contributed by atoms with Crippen LogP contribution in [0.2, 0.25) is 0 Å². The van der Waals surface area contributed by atoms with Gasteiger partial charge in [-0.3, -0.25) is 0 Å². The minimum absolute atomic E-state index is 0.396. The largest absolute Gasteiger partial charge is 0.208 e. The van der Waals surface area contributed by atoms with Gasteiger partial charge in [0.05, 0.1) is 5.41 Å². The number of benzene rings is 16. The number of nitrogens with zero attached hydrogens (tertiary/aromatic N) is 3. The van der Waals surface area contributed by atoms with Crippen LogP contribution in [0.1, 0.15) is 22.3 Å².